The fourth-order valence-corrected chi connectivity index (χ4v) is 3.04. The highest BCUT2D eigenvalue weighted by Crippen LogP contribution is 2.39. The summed E-state index contributed by atoms with van der Waals surface area (Å²) in [7, 11) is -2.12. The molecule has 0 saturated carbocycles. The molecule has 0 radical (unpaired) electrons. The Bertz CT molecular complexity index is 534. The monoisotopic (exact) mass is 382 g/mol. The SMILES string of the molecule is CC(=O)c1ccc(OCCOCCOCCCC(C)(C)[Si](C)(C)O)cc1. The average molecular weight is 383 g/mol. The van der Waals surface area contributed by atoms with E-state index in [-0.39, 0.29) is 10.8 Å². The first kappa shape index (κ1) is 22.8. The third kappa shape index (κ3) is 8.45. The van der Waals surface area contributed by atoms with Crippen LogP contribution in [0.2, 0.25) is 18.1 Å². The van der Waals surface area contributed by atoms with Crippen LogP contribution in [-0.4, -0.2) is 51.9 Å². The van der Waals surface area contributed by atoms with E-state index in [1.165, 1.54) is 0 Å². The normalized spacial score (nSPS) is 12.2. The molecule has 0 bridgehead atoms. The van der Waals surface area contributed by atoms with Gasteiger partial charge in [0.25, 0.3) is 0 Å². The molecule has 6 heteroatoms. The standard InChI is InChI=1S/C20H34O5Si/c1-17(21)18-7-9-19(10-8-18)25-16-15-24-14-13-23-12-6-11-20(2,3)26(4,5)22/h7-10,22H,6,11-16H2,1-5H3. The molecule has 0 amide bonds. The molecule has 0 heterocycles. The molecule has 0 unspecified atom stereocenters. The Morgan fingerprint density at radius 1 is 1.00 bits per heavy atom. The number of ether oxygens (including phenoxy) is 3. The van der Waals surface area contributed by atoms with Gasteiger partial charge in [0.2, 0.25) is 0 Å². The van der Waals surface area contributed by atoms with Crippen LogP contribution in [0.1, 0.15) is 44.0 Å². The van der Waals surface area contributed by atoms with E-state index >= 15 is 0 Å². The van der Waals surface area contributed by atoms with Gasteiger partial charge in [-0.3, -0.25) is 4.79 Å². The highest BCUT2D eigenvalue weighted by Gasteiger charge is 2.37. The lowest BCUT2D eigenvalue weighted by Gasteiger charge is -2.35. The number of hydrogen-bond acceptors (Lipinski definition) is 5. The maximum absolute atomic E-state index is 11.2. The van der Waals surface area contributed by atoms with Crippen LogP contribution in [0.15, 0.2) is 24.3 Å². The van der Waals surface area contributed by atoms with Crippen LogP contribution in [0, 0.1) is 0 Å². The van der Waals surface area contributed by atoms with Gasteiger partial charge in [-0.2, -0.15) is 0 Å². The molecular weight excluding hydrogens is 348 g/mol. The largest absolute Gasteiger partial charge is 0.491 e. The van der Waals surface area contributed by atoms with Crippen LogP contribution in [0.25, 0.3) is 0 Å². The van der Waals surface area contributed by atoms with Gasteiger partial charge in [-0.25, -0.2) is 0 Å². The van der Waals surface area contributed by atoms with Crippen molar-refractivity contribution in [3.05, 3.63) is 29.8 Å². The Hall–Kier alpha value is -1.21. The Morgan fingerprint density at radius 2 is 1.54 bits per heavy atom. The molecule has 1 N–H and O–H groups in total. The maximum Gasteiger partial charge on any atom is 0.188 e. The highest BCUT2D eigenvalue weighted by molar-refractivity contribution is 6.72. The fourth-order valence-electron chi connectivity index (χ4n) is 2.25. The second-order valence-corrected chi connectivity index (χ2v) is 12.2. The van der Waals surface area contributed by atoms with Crippen LogP contribution < -0.4 is 4.74 Å². The summed E-state index contributed by atoms with van der Waals surface area (Å²) in [5.41, 5.74) is 0.680. The van der Waals surface area contributed by atoms with Crippen molar-refractivity contribution in [3.63, 3.8) is 0 Å². The van der Waals surface area contributed by atoms with Crippen molar-refractivity contribution in [3.8, 4) is 5.75 Å². The van der Waals surface area contributed by atoms with Gasteiger partial charge >= 0.3 is 0 Å². The Morgan fingerprint density at radius 3 is 2.08 bits per heavy atom. The minimum atomic E-state index is -2.12. The summed E-state index contributed by atoms with van der Waals surface area (Å²) in [4.78, 5) is 21.4. The number of ketones is 1. The second-order valence-electron chi connectivity index (χ2n) is 7.70. The highest BCUT2D eigenvalue weighted by atomic mass is 28.4. The topological polar surface area (TPSA) is 65.0 Å². The summed E-state index contributed by atoms with van der Waals surface area (Å²) in [5.74, 6) is 0.776. The number of rotatable bonds is 13. The zero-order valence-corrected chi connectivity index (χ0v) is 17.8. The van der Waals surface area contributed by atoms with Crippen molar-refractivity contribution in [2.45, 2.75) is 51.7 Å². The first-order valence-corrected chi connectivity index (χ1v) is 12.2. The number of carbonyl (C=O) groups excluding carboxylic acids is 1. The quantitative estimate of drug-likeness (QED) is 0.317. The summed E-state index contributed by atoms with van der Waals surface area (Å²) in [6.45, 7) is 12.5. The number of carbonyl (C=O) groups is 1. The van der Waals surface area contributed by atoms with Crippen molar-refractivity contribution in [2.24, 2.45) is 0 Å². The minimum absolute atomic E-state index is 0.00676. The van der Waals surface area contributed by atoms with Crippen LogP contribution in [0.3, 0.4) is 0 Å². The van der Waals surface area contributed by atoms with Gasteiger partial charge in [-0.05, 0) is 62.2 Å². The lowest BCUT2D eigenvalue weighted by molar-refractivity contribution is 0.0347. The van der Waals surface area contributed by atoms with E-state index in [1.807, 2.05) is 13.1 Å². The number of Topliss-reactive ketones (excluding diaryl/α,β-unsaturated/α-hetero) is 1. The summed E-state index contributed by atoms with van der Waals surface area (Å²) < 4.78 is 16.6. The van der Waals surface area contributed by atoms with Gasteiger partial charge in [0.15, 0.2) is 14.1 Å². The van der Waals surface area contributed by atoms with Gasteiger partial charge < -0.3 is 19.0 Å². The van der Waals surface area contributed by atoms with E-state index in [4.69, 9.17) is 14.2 Å². The minimum Gasteiger partial charge on any atom is -0.491 e. The number of hydrogen-bond donors (Lipinski definition) is 1. The van der Waals surface area contributed by atoms with E-state index in [0.29, 0.717) is 38.6 Å². The molecule has 26 heavy (non-hydrogen) atoms. The molecule has 0 spiro atoms. The first-order valence-electron chi connectivity index (χ1n) is 9.25. The van der Waals surface area contributed by atoms with Crippen molar-refractivity contribution in [2.75, 3.05) is 33.0 Å². The molecule has 1 rings (SSSR count). The van der Waals surface area contributed by atoms with Gasteiger partial charge in [-0.15, -0.1) is 0 Å². The van der Waals surface area contributed by atoms with Crippen LogP contribution in [0.5, 0.6) is 5.75 Å². The van der Waals surface area contributed by atoms with Gasteiger partial charge in [-0.1, -0.05) is 13.8 Å². The van der Waals surface area contributed by atoms with Crippen molar-refractivity contribution >= 4 is 14.1 Å². The van der Waals surface area contributed by atoms with Gasteiger partial charge in [0, 0.05) is 12.2 Å². The van der Waals surface area contributed by atoms with E-state index in [0.717, 1.165) is 18.6 Å². The molecule has 0 saturated heterocycles. The average Bonchev–Trinajstić information content (AvgIpc) is 2.55. The zero-order valence-electron chi connectivity index (χ0n) is 16.8. The van der Waals surface area contributed by atoms with Gasteiger partial charge in [0.05, 0.1) is 19.8 Å². The molecule has 0 aliphatic heterocycles. The summed E-state index contributed by atoms with van der Waals surface area (Å²) in [5, 5.41) is 0.00676. The fraction of sp³-hybridized carbons (Fsp3) is 0.650. The smallest absolute Gasteiger partial charge is 0.188 e. The van der Waals surface area contributed by atoms with Crippen molar-refractivity contribution in [1.82, 2.24) is 0 Å². The third-order valence-electron chi connectivity index (χ3n) is 4.88. The van der Waals surface area contributed by atoms with E-state index in [2.05, 4.69) is 13.8 Å². The van der Waals surface area contributed by atoms with E-state index in [9.17, 15) is 9.59 Å². The van der Waals surface area contributed by atoms with Crippen LogP contribution in [-0.2, 0) is 9.47 Å². The first-order chi connectivity index (χ1) is 12.1. The lowest BCUT2D eigenvalue weighted by Crippen LogP contribution is -2.39. The van der Waals surface area contributed by atoms with Crippen molar-refractivity contribution < 1.29 is 23.8 Å². The lowest BCUT2D eigenvalue weighted by atomic mass is 10.1. The van der Waals surface area contributed by atoms with Crippen LogP contribution in [0.4, 0.5) is 0 Å². The molecule has 1 aromatic rings. The molecule has 1 aromatic carbocycles. The van der Waals surface area contributed by atoms with E-state index < -0.39 is 8.32 Å². The van der Waals surface area contributed by atoms with Crippen LogP contribution >= 0.6 is 0 Å². The van der Waals surface area contributed by atoms with Gasteiger partial charge in [0.1, 0.15) is 12.4 Å². The van der Waals surface area contributed by atoms with E-state index in [1.54, 1.807) is 31.2 Å². The summed E-state index contributed by atoms with van der Waals surface area (Å²) in [6, 6.07) is 7.10. The molecule has 0 atom stereocenters. The molecule has 0 aliphatic rings. The third-order valence-corrected chi connectivity index (χ3v) is 8.44. The maximum atomic E-state index is 11.2. The second kappa shape index (κ2) is 10.8. The molecule has 5 nitrogen and oxygen atoms in total. The predicted molar refractivity (Wildman–Crippen MR) is 107 cm³/mol. The molecule has 0 aromatic heterocycles. The molecule has 0 fully saturated rings. The Kier molecular flexibility index (Phi) is 9.50. The Balaban J connectivity index is 2.00. The molecular formula is C20H34O5Si. The summed E-state index contributed by atoms with van der Waals surface area (Å²) >= 11 is 0. The summed E-state index contributed by atoms with van der Waals surface area (Å²) in [6.07, 6.45) is 1.92. The predicted octanol–water partition coefficient (Wildman–Crippen LogP) is 4.06. The molecule has 0 aliphatic carbocycles. The zero-order chi connectivity index (χ0) is 19.6. The Labute approximate surface area is 158 Å². The molecule has 148 valence electrons. The van der Waals surface area contributed by atoms with Crippen molar-refractivity contribution in [1.29, 1.82) is 0 Å². The number of benzene rings is 1.